The van der Waals surface area contributed by atoms with Gasteiger partial charge in [-0.15, -0.1) is 11.3 Å². The van der Waals surface area contributed by atoms with E-state index < -0.39 is 0 Å². The van der Waals surface area contributed by atoms with Crippen LogP contribution in [0.3, 0.4) is 0 Å². The number of carbonyl (C=O) groups is 1. The van der Waals surface area contributed by atoms with Crippen molar-refractivity contribution in [3.8, 4) is 0 Å². The van der Waals surface area contributed by atoms with Gasteiger partial charge < -0.3 is 11.1 Å². The van der Waals surface area contributed by atoms with E-state index in [4.69, 9.17) is 5.73 Å². The Morgan fingerprint density at radius 1 is 1.61 bits per heavy atom. The Kier molecular flexibility index (Phi) is 4.14. The molecule has 0 atom stereocenters. The molecule has 1 aromatic rings. The van der Waals surface area contributed by atoms with Gasteiger partial charge in [-0.2, -0.15) is 0 Å². The molecule has 1 fully saturated rings. The summed E-state index contributed by atoms with van der Waals surface area (Å²) in [4.78, 5) is 13.2. The van der Waals surface area contributed by atoms with Gasteiger partial charge >= 0.3 is 0 Å². The fraction of sp³-hybridized carbons (Fsp3) is 0.615. The quantitative estimate of drug-likeness (QED) is 0.891. The Morgan fingerprint density at radius 2 is 2.28 bits per heavy atom. The molecule has 0 bridgehead atoms. The normalized spacial score (nSPS) is 23.6. The molecule has 0 unspecified atom stereocenters. The summed E-state index contributed by atoms with van der Waals surface area (Å²) in [5.74, 6) is 0.284. The van der Waals surface area contributed by atoms with Gasteiger partial charge in [0, 0.05) is 38.6 Å². The van der Waals surface area contributed by atoms with Crippen LogP contribution in [0.2, 0.25) is 0 Å². The van der Waals surface area contributed by atoms with Gasteiger partial charge in [0.2, 0.25) is 5.91 Å². The van der Waals surface area contributed by atoms with E-state index in [0.29, 0.717) is 6.54 Å². The molecule has 1 saturated carbocycles. The van der Waals surface area contributed by atoms with E-state index in [9.17, 15) is 4.79 Å². The lowest BCUT2D eigenvalue weighted by Crippen LogP contribution is -2.47. The van der Waals surface area contributed by atoms with Gasteiger partial charge in [-0.1, -0.05) is 13.8 Å². The molecule has 0 saturated heterocycles. The minimum Gasteiger partial charge on any atom is -0.355 e. The molecule has 3 N–H and O–H groups in total. The molecule has 100 valence electrons. The molecule has 5 heteroatoms. The molecule has 0 aliphatic heterocycles. The van der Waals surface area contributed by atoms with Crippen LogP contribution < -0.4 is 11.1 Å². The first-order valence-electron chi connectivity index (χ1n) is 6.16. The van der Waals surface area contributed by atoms with Crippen molar-refractivity contribution in [2.24, 2.45) is 11.7 Å². The molecule has 1 amide bonds. The zero-order valence-corrected chi connectivity index (χ0v) is 13.1. The van der Waals surface area contributed by atoms with E-state index in [1.54, 1.807) is 11.3 Å². The highest BCUT2D eigenvalue weighted by molar-refractivity contribution is 9.10. The largest absolute Gasteiger partial charge is 0.355 e. The van der Waals surface area contributed by atoms with Crippen LogP contribution in [0.5, 0.6) is 0 Å². The monoisotopic (exact) mass is 330 g/mol. The van der Waals surface area contributed by atoms with Crippen LogP contribution in [0, 0.1) is 5.92 Å². The van der Waals surface area contributed by atoms with Crippen LogP contribution >= 0.6 is 27.3 Å². The Hall–Kier alpha value is -0.390. The number of nitrogens with two attached hydrogens (primary N) is 1. The molecular weight excluding hydrogens is 312 g/mol. The zero-order valence-electron chi connectivity index (χ0n) is 10.7. The van der Waals surface area contributed by atoms with Crippen LogP contribution in [0.15, 0.2) is 15.9 Å². The summed E-state index contributed by atoms with van der Waals surface area (Å²) in [5.41, 5.74) is 5.67. The Bertz CT molecular complexity index is 438. The lowest BCUT2D eigenvalue weighted by atomic mass is 9.80. The maximum Gasteiger partial charge on any atom is 0.223 e. The van der Waals surface area contributed by atoms with Crippen molar-refractivity contribution in [3.05, 3.63) is 20.8 Å². The van der Waals surface area contributed by atoms with Gasteiger partial charge in [-0.3, -0.25) is 4.79 Å². The average molecular weight is 331 g/mol. The Balaban J connectivity index is 1.87. The molecule has 1 heterocycles. The highest BCUT2D eigenvalue weighted by atomic mass is 79.9. The first kappa shape index (κ1) is 14.0. The minimum atomic E-state index is -0.0296. The number of amides is 1. The van der Waals surface area contributed by atoms with E-state index in [2.05, 4.69) is 46.5 Å². The Morgan fingerprint density at radius 3 is 2.78 bits per heavy atom. The Labute approximate surface area is 120 Å². The molecule has 0 aromatic carbocycles. The van der Waals surface area contributed by atoms with E-state index in [1.165, 1.54) is 4.88 Å². The third kappa shape index (κ3) is 3.13. The number of rotatable bonds is 4. The van der Waals surface area contributed by atoms with Crippen LogP contribution in [0.4, 0.5) is 0 Å². The van der Waals surface area contributed by atoms with Gasteiger partial charge in [-0.05, 0) is 34.8 Å². The first-order chi connectivity index (χ1) is 8.38. The molecule has 18 heavy (non-hydrogen) atoms. The minimum absolute atomic E-state index is 0.0296. The van der Waals surface area contributed by atoms with Gasteiger partial charge in [0.05, 0.1) is 0 Å². The maximum absolute atomic E-state index is 11.9. The summed E-state index contributed by atoms with van der Waals surface area (Å²) in [6.45, 7) is 4.97. The second-order valence-corrected chi connectivity index (χ2v) is 7.49. The fourth-order valence-corrected chi connectivity index (χ4v) is 3.64. The SMILES string of the molecule is CC(C)(CNC(=O)C1CC(N)C1)c1cc(Br)cs1. The zero-order chi connectivity index (χ0) is 13.3. The lowest BCUT2D eigenvalue weighted by Gasteiger charge is -2.32. The lowest BCUT2D eigenvalue weighted by molar-refractivity contribution is -0.128. The van der Waals surface area contributed by atoms with E-state index in [1.807, 2.05) is 0 Å². The van der Waals surface area contributed by atoms with Crippen molar-refractivity contribution >= 4 is 33.2 Å². The average Bonchev–Trinajstić information content (AvgIpc) is 2.69. The molecular formula is C13H19BrN2OS. The molecule has 0 spiro atoms. The number of nitrogens with one attached hydrogen (secondary N) is 1. The maximum atomic E-state index is 11.9. The highest BCUT2D eigenvalue weighted by Crippen LogP contribution is 2.31. The number of thiophene rings is 1. The smallest absolute Gasteiger partial charge is 0.223 e. The predicted molar refractivity (Wildman–Crippen MR) is 78.8 cm³/mol. The van der Waals surface area contributed by atoms with Crippen molar-refractivity contribution in [2.75, 3.05) is 6.54 Å². The van der Waals surface area contributed by atoms with E-state index in [0.717, 1.165) is 17.3 Å². The van der Waals surface area contributed by atoms with Crippen molar-refractivity contribution < 1.29 is 4.79 Å². The van der Waals surface area contributed by atoms with E-state index >= 15 is 0 Å². The molecule has 2 rings (SSSR count). The third-order valence-corrected chi connectivity index (χ3v) is 5.54. The number of halogens is 1. The second-order valence-electron chi connectivity index (χ2n) is 5.66. The predicted octanol–water partition coefficient (Wildman–Crippen LogP) is 2.64. The number of carbonyl (C=O) groups excluding carboxylic acids is 1. The number of hydrogen-bond acceptors (Lipinski definition) is 3. The summed E-state index contributed by atoms with van der Waals surface area (Å²) < 4.78 is 1.10. The molecule has 0 radical (unpaired) electrons. The standard InChI is InChI=1S/C13H19BrN2OS/c1-13(2,11-5-9(14)6-18-11)7-16-12(17)8-3-10(15)4-8/h5-6,8,10H,3-4,7,15H2,1-2H3,(H,16,17). The van der Waals surface area contributed by atoms with Crippen LogP contribution in [0.25, 0.3) is 0 Å². The van der Waals surface area contributed by atoms with Gasteiger partial charge in [0.15, 0.2) is 0 Å². The van der Waals surface area contributed by atoms with Gasteiger partial charge in [0.25, 0.3) is 0 Å². The fourth-order valence-electron chi connectivity index (χ4n) is 2.08. The molecule has 1 aromatic heterocycles. The van der Waals surface area contributed by atoms with Crippen molar-refractivity contribution in [3.63, 3.8) is 0 Å². The summed E-state index contributed by atoms with van der Waals surface area (Å²) in [7, 11) is 0. The summed E-state index contributed by atoms with van der Waals surface area (Å²) in [6.07, 6.45) is 1.66. The van der Waals surface area contributed by atoms with Crippen molar-refractivity contribution in [1.29, 1.82) is 0 Å². The topological polar surface area (TPSA) is 55.1 Å². The summed E-state index contributed by atoms with van der Waals surface area (Å²) in [5, 5.41) is 5.12. The third-order valence-electron chi connectivity index (χ3n) is 3.48. The van der Waals surface area contributed by atoms with Crippen LogP contribution in [0.1, 0.15) is 31.6 Å². The summed E-state index contributed by atoms with van der Waals surface area (Å²) >= 11 is 5.18. The van der Waals surface area contributed by atoms with Gasteiger partial charge in [-0.25, -0.2) is 0 Å². The summed E-state index contributed by atoms with van der Waals surface area (Å²) in [6, 6.07) is 2.35. The second kappa shape index (κ2) is 5.31. The van der Waals surface area contributed by atoms with E-state index in [-0.39, 0.29) is 23.3 Å². The van der Waals surface area contributed by atoms with Crippen LogP contribution in [-0.2, 0) is 10.2 Å². The van der Waals surface area contributed by atoms with Crippen molar-refractivity contribution in [1.82, 2.24) is 5.32 Å². The van der Waals surface area contributed by atoms with Crippen LogP contribution in [-0.4, -0.2) is 18.5 Å². The molecule has 3 nitrogen and oxygen atoms in total. The molecule has 1 aliphatic carbocycles. The number of hydrogen-bond donors (Lipinski definition) is 2. The van der Waals surface area contributed by atoms with Gasteiger partial charge in [0.1, 0.15) is 0 Å². The van der Waals surface area contributed by atoms with Crippen molar-refractivity contribution in [2.45, 2.75) is 38.1 Å². The first-order valence-corrected chi connectivity index (χ1v) is 7.83. The highest BCUT2D eigenvalue weighted by Gasteiger charge is 2.33. The molecule has 1 aliphatic rings.